The molecule has 1 rings (SSSR count). The van der Waals surface area contributed by atoms with E-state index in [1.165, 1.54) is 10.6 Å². The molecule has 1 heterocycles. The maximum absolute atomic E-state index is 11.9. The Hall–Kier alpha value is -1.07. The van der Waals surface area contributed by atoms with Crippen LogP contribution in [0.4, 0.5) is 0 Å². The summed E-state index contributed by atoms with van der Waals surface area (Å²) in [5, 5.41) is 0. The van der Waals surface area contributed by atoms with E-state index in [-0.39, 0.29) is 12.3 Å². The summed E-state index contributed by atoms with van der Waals surface area (Å²) >= 11 is 0. The Labute approximate surface area is 96.6 Å². The molecule has 0 saturated heterocycles. The molecular formula is C11H17NO3S. The molecule has 90 valence electrons. The fourth-order valence-corrected chi connectivity index (χ4v) is 2.81. The van der Waals surface area contributed by atoms with Crippen LogP contribution in [0.25, 0.3) is 0 Å². The van der Waals surface area contributed by atoms with Gasteiger partial charge in [0.15, 0.2) is 0 Å². The summed E-state index contributed by atoms with van der Waals surface area (Å²) in [6, 6.07) is 3.51. The normalized spacial score (nSPS) is 11.9. The van der Waals surface area contributed by atoms with E-state index in [1.54, 1.807) is 18.2 Å². The molecule has 0 fully saturated rings. The predicted molar refractivity (Wildman–Crippen MR) is 63.4 cm³/mol. The molecular weight excluding hydrogens is 226 g/mol. The Morgan fingerprint density at radius 1 is 1.56 bits per heavy atom. The molecule has 5 heteroatoms. The van der Waals surface area contributed by atoms with Crippen molar-refractivity contribution in [1.82, 2.24) is 4.31 Å². The van der Waals surface area contributed by atoms with Gasteiger partial charge in [-0.1, -0.05) is 13.0 Å². The van der Waals surface area contributed by atoms with Crippen LogP contribution in [-0.4, -0.2) is 25.0 Å². The lowest BCUT2D eigenvalue weighted by Gasteiger charge is -2.18. The van der Waals surface area contributed by atoms with Crippen LogP contribution in [0.2, 0.25) is 0 Å². The predicted octanol–water partition coefficient (Wildman–Crippen LogP) is 2.01. The van der Waals surface area contributed by atoms with Crippen LogP contribution in [0.1, 0.15) is 19.1 Å². The SMILES string of the molecule is C=CCN(Cc1ccco1)S(=O)(=O)CCC. The Kier molecular flexibility index (Phi) is 4.76. The van der Waals surface area contributed by atoms with E-state index in [4.69, 9.17) is 4.42 Å². The van der Waals surface area contributed by atoms with Gasteiger partial charge in [0, 0.05) is 6.54 Å². The van der Waals surface area contributed by atoms with E-state index < -0.39 is 10.0 Å². The number of hydrogen-bond acceptors (Lipinski definition) is 3. The summed E-state index contributed by atoms with van der Waals surface area (Å²) in [7, 11) is -3.21. The largest absolute Gasteiger partial charge is 0.468 e. The molecule has 4 nitrogen and oxygen atoms in total. The van der Waals surface area contributed by atoms with E-state index in [9.17, 15) is 8.42 Å². The van der Waals surface area contributed by atoms with Gasteiger partial charge in [-0.05, 0) is 18.6 Å². The van der Waals surface area contributed by atoms with E-state index in [0.29, 0.717) is 18.7 Å². The topological polar surface area (TPSA) is 50.5 Å². The fraction of sp³-hybridized carbons (Fsp3) is 0.455. The van der Waals surface area contributed by atoms with Crippen molar-refractivity contribution in [3.8, 4) is 0 Å². The molecule has 0 radical (unpaired) electrons. The lowest BCUT2D eigenvalue weighted by atomic mass is 10.4. The second kappa shape index (κ2) is 5.86. The molecule has 0 amide bonds. The molecule has 0 aliphatic carbocycles. The summed E-state index contributed by atoms with van der Waals surface area (Å²) < 4.78 is 30.3. The third-order valence-corrected chi connectivity index (χ3v) is 4.09. The first kappa shape index (κ1) is 13.0. The minimum absolute atomic E-state index is 0.154. The summed E-state index contributed by atoms with van der Waals surface area (Å²) in [5.41, 5.74) is 0. The minimum atomic E-state index is -3.21. The van der Waals surface area contributed by atoms with Crippen LogP contribution in [0.5, 0.6) is 0 Å². The highest BCUT2D eigenvalue weighted by Gasteiger charge is 2.20. The van der Waals surface area contributed by atoms with Crippen molar-refractivity contribution < 1.29 is 12.8 Å². The lowest BCUT2D eigenvalue weighted by molar-refractivity contribution is 0.386. The van der Waals surface area contributed by atoms with Gasteiger partial charge in [-0.25, -0.2) is 8.42 Å². The average Bonchev–Trinajstić information content (AvgIpc) is 2.69. The molecule has 0 saturated carbocycles. The van der Waals surface area contributed by atoms with Crippen LogP contribution in [0, 0.1) is 0 Å². The maximum atomic E-state index is 11.9. The zero-order valence-corrected chi connectivity index (χ0v) is 10.2. The monoisotopic (exact) mass is 243 g/mol. The highest BCUT2D eigenvalue weighted by Crippen LogP contribution is 2.11. The van der Waals surface area contributed by atoms with Crippen molar-refractivity contribution in [3.63, 3.8) is 0 Å². The number of hydrogen-bond donors (Lipinski definition) is 0. The Bertz CT molecular complexity index is 408. The van der Waals surface area contributed by atoms with Crippen molar-refractivity contribution >= 4 is 10.0 Å². The highest BCUT2D eigenvalue weighted by atomic mass is 32.2. The molecule has 0 spiro atoms. The standard InChI is InChI=1S/C11H17NO3S/c1-3-7-12(16(13,14)9-4-2)10-11-6-5-8-15-11/h3,5-6,8H,1,4,7,9-10H2,2H3. The zero-order chi connectivity index (χ0) is 12.0. The summed E-state index contributed by atoms with van der Waals surface area (Å²) in [5.74, 6) is 0.795. The third kappa shape index (κ3) is 3.50. The van der Waals surface area contributed by atoms with E-state index in [1.807, 2.05) is 6.92 Å². The average molecular weight is 243 g/mol. The van der Waals surface area contributed by atoms with Crippen LogP contribution in [0.15, 0.2) is 35.5 Å². The number of sulfonamides is 1. The Balaban J connectivity index is 2.78. The Morgan fingerprint density at radius 3 is 2.81 bits per heavy atom. The zero-order valence-electron chi connectivity index (χ0n) is 9.43. The van der Waals surface area contributed by atoms with Gasteiger partial charge >= 0.3 is 0 Å². The van der Waals surface area contributed by atoms with Gasteiger partial charge in [-0.3, -0.25) is 0 Å². The van der Waals surface area contributed by atoms with E-state index in [2.05, 4.69) is 6.58 Å². The van der Waals surface area contributed by atoms with Crippen LogP contribution >= 0.6 is 0 Å². The van der Waals surface area contributed by atoms with Gasteiger partial charge in [0.25, 0.3) is 0 Å². The lowest BCUT2D eigenvalue weighted by Crippen LogP contribution is -2.32. The van der Waals surface area contributed by atoms with Crippen molar-refractivity contribution in [2.45, 2.75) is 19.9 Å². The molecule has 0 aliphatic rings. The number of furan rings is 1. The van der Waals surface area contributed by atoms with Crippen molar-refractivity contribution in [1.29, 1.82) is 0 Å². The summed E-state index contributed by atoms with van der Waals surface area (Å²) in [4.78, 5) is 0. The molecule has 16 heavy (non-hydrogen) atoms. The quantitative estimate of drug-likeness (QED) is 0.688. The first-order valence-electron chi connectivity index (χ1n) is 5.21. The van der Waals surface area contributed by atoms with Crippen molar-refractivity contribution in [3.05, 3.63) is 36.8 Å². The highest BCUT2D eigenvalue weighted by molar-refractivity contribution is 7.89. The molecule has 0 bridgehead atoms. The fourth-order valence-electron chi connectivity index (χ4n) is 1.38. The first-order chi connectivity index (χ1) is 7.60. The second-order valence-electron chi connectivity index (χ2n) is 3.48. The van der Waals surface area contributed by atoms with E-state index in [0.717, 1.165) is 0 Å². The van der Waals surface area contributed by atoms with Crippen LogP contribution < -0.4 is 0 Å². The molecule has 1 aromatic heterocycles. The number of nitrogens with zero attached hydrogens (tertiary/aromatic N) is 1. The summed E-state index contributed by atoms with van der Waals surface area (Å²) in [6.07, 6.45) is 3.72. The second-order valence-corrected chi connectivity index (χ2v) is 5.57. The van der Waals surface area contributed by atoms with Gasteiger partial charge in [0.05, 0.1) is 18.6 Å². The van der Waals surface area contributed by atoms with Crippen LogP contribution in [-0.2, 0) is 16.6 Å². The van der Waals surface area contributed by atoms with E-state index >= 15 is 0 Å². The van der Waals surface area contributed by atoms with Gasteiger partial charge in [-0.2, -0.15) is 4.31 Å². The van der Waals surface area contributed by atoms with Crippen LogP contribution in [0.3, 0.4) is 0 Å². The Morgan fingerprint density at radius 2 is 2.31 bits per heavy atom. The molecule has 1 aromatic rings. The van der Waals surface area contributed by atoms with Gasteiger partial charge in [0.2, 0.25) is 10.0 Å². The molecule has 0 N–H and O–H groups in total. The molecule has 0 aliphatic heterocycles. The van der Waals surface area contributed by atoms with Crippen molar-refractivity contribution in [2.24, 2.45) is 0 Å². The maximum Gasteiger partial charge on any atom is 0.214 e. The smallest absolute Gasteiger partial charge is 0.214 e. The van der Waals surface area contributed by atoms with Gasteiger partial charge in [-0.15, -0.1) is 6.58 Å². The molecule has 0 aromatic carbocycles. The molecule has 0 unspecified atom stereocenters. The first-order valence-corrected chi connectivity index (χ1v) is 6.82. The van der Waals surface area contributed by atoms with Gasteiger partial charge in [0.1, 0.15) is 5.76 Å². The molecule has 0 atom stereocenters. The number of rotatable bonds is 7. The van der Waals surface area contributed by atoms with Crippen molar-refractivity contribution in [2.75, 3.05) is 12.3 Å². The van der Waals surface area contributed by atoms with Gasteiger partial charge < -0.3 is 4.42 Å². The minimum Gasteiger partial charge on any atom is -0.468 e. The summed E-state index contributed by atoms with van der Waals surface area (Å²) in [6.45, 7) is 5.98. The third-order valence-electron chi connectivity index (χ3n) is 2.10.